The summed E-state index contributed by atoms with van der Waals surface area (Å²) in [7, 11) is 0. The molecule has 0 spiro atoms. The maximum Gasteiger partial charge on any atom is 0.305 e. The highest BCUT2D eigenvalue weighted by Gasteiger charge is 2.10. The van der Waals surface area contributed by atoms with Crippen LogP contribution in [0.5, 0.6) is 0 Å². The molecule has 0 amide bonds. The molecular weight excluding hydrogens is 176 g/mol. The Labute approximate surface area is 86.3 Å². The van der Waals surface area contributed by atoms with E-state index in [1.807, 2.05) is 6.92 Å². The number of carbonyl (C=O) groups excluding carboxylic acids is 1. The number of hydrogen-bond donors (Lipinski definition) is 0. The summed E-state index contributed by atoms with van der Waals surface area (Å²) in [6.07, 6.45) is 7.39. The topological polar surface area (TPSA) is 26.3 Å². The molecule has 1 atom stereocenters. The average molecular weight is 196 g/mol. The molecule has 0 bridgehead atoms. The fourth-order valence-corrected chi connectivity index (χ4v) is 1.64. The SMILES string of the molecule is CCC(=O)OCCC1=CC[C@H](C)CC1. The van der Waals surface area contributed by atoms with Crippen LogP contribution in [0.1, 0.15) is 46.0 Å². The largest absolute Gasteiger partial charge is 0.465 e. The predicted molar refractivity (Wildman–Crippen MR) is 57.0 cm³/mol. The molecule has 0 saturated carbocycles. The van der Waals surface area contributed by atoms with E-state index in [9.17, 15) is 4.79 Å². The maximum atomic E-state index is 10.9. The third-order valence-electron chi connectivity index (χ3n) is 2.74. The summed E-state index contributed by atoms with van der Waals surface area (Å²) in [5.41, 5.74) is 1.46. The smallest absolute Gasteiger partial charge is 0.305 e. The second-order valence-corrected chi connectivity index (χ2v) is 4.07. The Morgan fingerprint density at radius 2 is 2.43 bits per heavy atom. The Kier molecular flexibility index (Phi) is 4.71. The molecule has 0 aliphatic heterocycles. The van der Waals surface area contributed by atoms with Gasteiger partial charge in [0, 0.05) is 12.8 Å². The minimum absolute atomic E-state index is 0.0882. The van der Waals surface area contributed by atoms with Crippen LogP contribution in [-0.4, -0.2) is 12.6 Å². The fourth-order valence-electron chi connectivity index (χ4n) is 1.64. The summed E-state index contributed by atoms with van der Waals surface area (Å²) in [6.45, 7) is 4.67. The quantitative estimate of drug-likeness (QED) is 0.510. The second-order valence-electron chi connectivity index (χ2n) is 4.07. The van der Waals surface area contributed by atoms with Gasteiger partial charge >= 0.3 is 5.97 Å². The number of rotatable bonds is 4. The highest BCUT2D eigenvalue weighted by molar-refractivity contribution is 5.68. The Bertz CT molecular complexity index is 218. The predicted octanol–water partition coefficient (Wildman–Crippen LogP) is 3.08. The molecule has 0 aromatic carbocycles. The Morgan fingerprint density at radius 3 is 3.00 bits per heavy atom. The van der Waals surface area contributed by atoms with Crippen LogP contribution in [0.15, 0.2) is 11.6 Å². The molecule has 0 aromatic heterocycles. The van der Waals surface area contributed by atoms with Gasteiger partial charge in [0.25, 0.3) is 0 Å². The van der Waals surface area contributed by atoms with Gasteiger partial charge in [-0.3, -0.25) is 4.79 Å². The van der Waals surface area contributed by atoms with Crippen molar-refractivity contribution in [2.75, 3.05) is 6.61 Å². The van der Waals surface area contributed by atoms with E-state index in [0.717, 1.165) is 12.3 Å². The van der Waals surface area contributed by atoms with E-state index in [1.54, 1.807) is 0 Å². The molecule has 0 N–H and O–H groups in total. The summed E-state index contributed by atoms with van der Waals surface area (Å²) >= 11 is 0. The molecule has 1 aliphatic carbocycles. The summed E-state index contributed by atoms with van der Waals surface area (Å²) < 4.78 is 5.04. The highest BCUT2D eigenvalue weighted by atomic mass is 16.5. The van der Waals surface area contributed by atoms with E-state index >= 15 is 0 Å². The third kappa shape index (κ3) is 3.95. The fraction of sp³-hybridized carbons (Fsp3) is 0.750. The van der Waals surface area contributed by atoms with E-state index in [1.165, 1.54) is 24.8 Å². The highest BCUT2D eigenvalue weighted by Crippen LogP contribution is 2.24. The lowest BCUT2D eigenvalue weighted by atomic mass is 9.90. The molecule has 1 rings (SSSR count). The van der Waals surface area contributed by atoms with Gasteiger partial charge in [0.15, 0.2) is 0 Å². The first-order chi connectivity index (χ1) is 6.72. The zero-order valence-electron chi connectivity index (χ0n) is 9.21. The van der Waals surface area contributed by atoms with Crippen molar-refractivity contribution in [2.24, 2.45) is 5.92 Å². The molecule has 0 radical (unpaired) electrons. The van der Waals surface area contributed by atoms with Crippen molar-refractivity contribution in [3.8, 4) is 0 Å². The molecule has 2 heteroatoms. The van der Waals surface area contributed by atoms with Crippen molar-refractivity contribution >= 4 is 5.97 Å². The van der Waals surface area contributed by atoms with Crippen molar-refractivity contribution in [3.63, 3.8) is 0 Å². The molecule has 2 nitrogen and oxygen atoms in total. The van der Waals surface area contributed by atoms with Crippen LogP contribution in [-0.2, 0) is 9.53 Å². The molecule has 0 aromatic rings. The van der Waals surface area contributed by atoms with Gasteiger partial charge in [0.1, 0.15) is 0 Å². The van der Waals surface area contributed by atoms with Crippen molar-refractivity contribution in [1.82, 2.24) is 0 Å². The van der Waals surface area contributed by atoms with Crippen LogP contribution in [0.3, 0.4) is 0 Å². The molecule has 0 fully saturated rings. The van der Waals surface area contributed by atoms with Crippen molar-refractivity contribution < 1.29 is 9.53 Å². The molecule has 0 heterocycles. The van der Waals surface area contributed by atoms with Gasteiger partial charge in [-0.2, -0.15) is 0 Å². The number of allylic oxidation sites excluding steroid dienone is 1. The zero-order valence-corrected chi connectivity index (χ0v) is 9.21. The maximum absolute atomic E-state index is 10.9. The zero-order chi connectivity index (χ0) is 10.4. The number of ether oxygens (including phenoxy) is 1. The van der Waals surface area contributed by atoms with Crippen LogP contribution in [0, 0.1) is 5.92 Å². The second kappa shape index (κ2) is 5.84. The van der Waals surface area contributed by atoms with Gasteiger partial charge in [-0.1, -0.05) is 25.5 Å². The minimum atomic E-state index is -0.0882. The molecular formula is C12H20O2. The van der Waals surface area contributed by atoms with Crippen molar-refractivity contribution in [3.05, 3.63) is 11.6 Å². The first-order valence-electron chi connectivity index (χ1n) is 5.56. The minimum Gasteiger partial charge on any atom is -0.465 e. The van der Waals surface area contributed by atoms with Gasteiger partial charge in [-0.05, 0) is 25.2 Å². The Morgan fingerprint density at radius 1 is 1.64 bits per heavy atom. The van der Waals surface area contributed by atoms with E-state index in [4.69, 9.17) is 4.74 Å². The lowest BCUT2D eigenvalue weighted by molar-refractivity contribution is -0.143. The Hall–Kier alpha value is -0.790. The average Bonchev–Trinajstić information content (AvgIpc) is 2.21. The van der Waals surface area contributed by atoms with E-state index < -0.39 is 0 Å². The number of carbonyl (C=O) groups is 1. The van der Waals surface area contributed by atoms with Crippen LogP contribution in [0.4, 0.5) is 0 Å². The summed E-state index contributed by atoms with van der Waals surface area (Å²) in [5, 5.41) is 0. The summed E-state index contributed by atoms with van der Waals surface area (Å²) in [4.78, 5) is 10.9. The molecule has 0 saturated heterocycles. The summed E-state index contributed by atoms with van der Waals surface area (Å²) in [6, 6.07) is 0. The first-order valence-corrected chi connectivity index (χ1v) is 5.56. The number of esters is 1. The van der Waals surface area contributed by atoms with Gasteiger partial charge in [0.05, 0.1) is 6.61 Å². The number of hydrogen-bond acceptors (Lipinski definition) is 2. The van der Waals surface area contributed by atoms with E-state index in [0.29, 0.717) is 13.0 Å². The van der Waals surface area contributed by atoms with E-state index in [-0.39, 0.29) is 5.97 Å². The lowest BCUT2D eigenvalue weighted by Gasteiger charge is -2.17. The Balaban J connectivity index is 2.16. The van der Waals surface area contributed by atoms with Crippen LogP contribution in [0.2, 0.25) is 0 Å². The molecule has 0 unspecified atom stereocenters. The van der Waals surface area contributed by atoms with Crippen LogP contribution >= 0.6 is 0 Å². The molecule has 80 valence electrons. The van der Waals surface area contributed by atoms with Crippen LogP contribution < -0.4 is 0 Å². The monoisotopic (exact) mass is 196 g/mol. The molecule has 14 heavy (non-hydrogen) atoms. The van der Waals surface area contributed by atoms with Gasteiger partial charge in [-0.15, -0.1) is 0 Å². The first kappa shape index (κ1) is 11.3. The third-order valence-corrected chi connectivity index (χ3v) is 2.74. The summed E-state index contributed by atoms with van der Waals surface area (Å²) in [5.74, 6) is 0.742. The van der Waals surface area contributed by atoms with Crippen molar-refractivity contribution in [2.45, 2.75) is 46.0 Å². The van der Waals surface area contributed by atoms with Crippen LogP contribution in [0.25, 0.3) is 0 Å². The van der Waals surface area contributed by atoms with Gasteiger partial charge in [-0.25, -0.2) is 0 Å². The van der Waals surface area contributed by atoms with Crippen molar-refractivity contribution in [1.29, 1.82) is 0 Å². The standard InChI is InChI=1S/C12H20O2/c1-3-12(13)14-9-8-11-6-4-10(2)5-7-11/h6,10H,3-5,7-9H2,1-2H3/t10-/m0/s1. The lowest BCUT2D eigenvalue weighted by Crippen LogP contribution is -2.07. The normalized spacial score (nSPS) is 21.6. The van der Waals surface area contributed by atoms with Gasteiger partial charge in [0.2, 0.25) is 0 Å². The molecule has 1 aliphatic rings. The van der Waals surface area contributed by atoms with Gasteiger partial charge < -0.3 is 4.74 Å². The van der Waals surface area contributed by atoms with E-state index in [2.05, 4.69) is 13.0 Å².